The van der Waals surface area contributed by atoms with E-state index in [0.717, 1.165) is 0 Å². The second-order valence-electron chi connectivity index (χ2n) is 13.1. The van der Waals surface area contributed by atoms with E-state index in [1.165, 1.54) is 31.2 Å². The molecule has 0 aromatic heterocycles. The molecule has 4 amide bonds. The summed E-state index contributed by atoms with van der Waals surface area (Å²) >= 11 is 0. The highest BCUT2D eigenvalue weighted by molar-refractivity contribution is 7.55. The van der Waals surface area contributed by atoms with Gasteiger partial charge < -0.3 is 41.2 Å². The second-order valence-corrected chi connectivity index (χ2v) is 15.1. The van der Waals surface area contributed by atoms with Crippen LogP contribution in [0, 0.1) is 5.41 Å². The minimum atomic E-state index is -4.53. The minimum Gasteiger partial charge on any atom is -0.481 e. The smallest absolute Gasteiger partial charge is 0.457 e. The lowest BCUT2D eigenvalue weighted by Gasteiger charge is -2.30. The molecule has 4 aromatic carbocycles. The van der Waals surface area contributed by atoms with E-state index in [0.29, 0.717) is 24.0 Å². The Morgan fingerprint density at radius 2 is 1.19 bits per heavy atom. The van der Waals surface area contributed by atoms with Crippen LogP contribution in [0.1, 0.15) is 62.0 Å². The van der Waals surface area contributed by atoms with Crippen molar-refractivity contribution in [2.24, 2.45) is 5.73 Å². The van der Waals surface area contributed by atoms with Gasteiger partial charge in [0.1, 0.15) is 35.5 Å². The molecule has 0 radical (unpaired) electrons. The van der Waals surface area contributed by atoms with Crippen LogP contribution in [0.25, 0.3) is 0 Å². The van der Waals surface area contributed by atoms with Gasteiger partial charge in [-0.05, 0) is 41.8 Å². The van der Waals surface area contributed by atoms with Crippen LogP contribution in [0.3, 0.4) is 0 Å². The molecule has 4 unspecified atom stereocenters. The predicted octanol–water partition coefficient (Wildman–Crippen LogP) is 4.82. The normalized spacial score (nSPS) is 13.1. The summed E-state index contributed by atoms with van der Waals surface area (Å²) in [5.41, 5.74) is 6.89. The number of unbranched alkanes of at least 4 members (excludes halogenated alkanes) is 1. The van der Waals surface area contributed by atoms with Crippen molar-refractivity contribution in [1.29, 1.82) is 5.41 Å². The molecule has 0 bridgehead atoms. The van der Waals surface area contributed by atoms with E-state index in [4.69, 9.17) is 20.2 Å². The average Bonchev–Trinajstić information content (AvgIpc) is 3.18. The number of amides is 4. The third kappa shape index (κ3) is 13.4. The maximum Gasteiger partial charge on any atom is 0.457 e. The van der Waals surface area contributed by atoms with Crippen LogP contribution in [-0.2, 0) is 35.0 Å². The number of benzene rings is 4. The molecule has 0 saturated heterocycles. The first kappa shape index (κ1) is 43.3. The molecule has 0 aliphatic rings. The molecule has 4 rings (SSSR count). The maximum atomic E-state index is 15.2. The summed E-state index contributed by atoms with van der Waals surface area (Å²) in [7, 11) is -4.53. The Balaban J connectivity index is 1.75. The standard InChI is InChI=1S/C41H47N6O9P/c1-3-4-20-33(44-27(2)48)38(51)46-35(26-36(49)50)39(52)45-34(25-28-14-8-5-9-15-28)40(53)47-41(30-23-21-29(22-24-30)37(42)43)57(54,55-31-16-10-6-11-17-31)56-32-18-12-7-13-19-32/h5-19,21-24,33-35,41H,3-4,20,25-26H2,1-2H3,(H3,42,43)(H,44,48)(H,45,52)(H,46,51)(H,47,53)(H,49,50). The predicted molar refractivity (Wildman–Crippen MR) is 213 cm³/mol. The number of para-hydroxylation sites is 2. The SMILES string of the molecule is CCCCC(NC(C)=O)C(=O)NC(CC(=O)O)C(=O)NC(Cc1ccccc1)C(=O)NC(c1ccc(C(=N)N)cc1)P(=O)(Oc1ccccc1)Oc1ccccc1. The van der Waals surface area contributed by atoms with E-state index in [1.807, 2.05) is 6.92 Å². The number of aliphatic carboxylic acids is 1. The van der Waals surface area contributed by atoms with Crippen LogP contribution in [0.4, 0.5) is 0 Å². The molecule has 0 saturated carbocycles. The number of carbonyl (C=O) groups excluding carboxylic acids is 4. The molecule has 4 aromatic rings. The molecule has 0 heterocycles. The number of carbonyl (C=O) groups is 5. The summed E-state index contributed by atoms with van der Waals surface area (Å²) in [4.78, 5) is 65.6. The van der Waals surface area contributed by atoms with Gasteiger partial charge in [0.2, 0.25) is 23.6 Å². The number of rotatable bonds is 21. The monoisotopic (exact) mass is 798 g/mol. The number of carboxylic acid groups (broad SMARTS) is 1. The van der Waals surface area contributed by atoms with Crippen LogP contribution in [0.5, 0.6) is 11.5 Å². The Morgan fingerprint density at radius 1 is 0.702 bits per heavy atom. The van der Waals surface area contributed by atoms with Gasteiger partial charge in [0, 0.05) is 18.9 Å². The van der Waals surface area contributed by atoms with Gasteiger partial charge in [-0.25, -0.2) is 4.57 Å². The highest BCUT2D eigenvalue weighted by atomic mass is 31.2. The number of nitrogens with one attached hydrogen (secondary N) is 5. The third-order valence-electron chi connectivity index (χ3n) is 8.55. The largest absolute Gasteiger partial charge is 0.481 e. The molecule has 16 heteroatoms. The fourth-order valence-electron chi connectivity index (χ4n) is 5.72. The molecule has 0 spiro atoms. The van der Waals surface area contributed by atoms with E-state index in [-0.39, 0.29) is 35.7 Å². The lowest BCUT2D eigenvalue weighted by Crippen LogP contribution is -2.57. The first-order valence-electron chi connectivity index (χ1n) is 18.2. The van der Waals surface area contributed by atoms with E-state index >= 15 is 4.57 Å². The highest BCUT2D eigenvalue weighted by Gasteiger charge is 2.43. The van der Waals surface area contributed by atoms with Crippen molar-refractivity contribution in [3.63, 3.8) is 0 Å². The average molecular weight is 799 g/mol. The summed E-state index contributed by atoms with van der Waals surface area (Å²) in [6.45, 7) is 3.13. The fraction of sp³-hybridized carbons (Fsp3) is 0.268. The van der Waals surface area contributed by atoms with Crippen molar-refractivity contribution in [2.45, 2.75) is 69.9 Å². The zero-order valence-corrected chi connectivity index (χ0v) is 32.4. The Morgan fingerprint density at radius 3 is 1.68 bits per heavy atom. The number of hydrogen-bond donors (Lipinski definition) is 7. The molecule has 0 aliphatic carbocycles. The van der Waals surface area contributed by atoms with Crippen molar-refractivity contribution in [3.05, 3.63) is 132 Å². The van der Waals surface area contributed by atoms with Gasteiger partial charge in [0.25, 0.3) is 0 Å². The summed E-state index contributed by atoms with van der Waals surface area (Å²) in [5, 5.41) is 27.9. The lowest BCUT2D eigenvalue weighted by molar-refractivity contribution is -0.141. The molecule has 15 nitrogen and oxygen atoms in total. The first-order chi connectivity index (χ1) is 27.3. The fourth-order valence-corrected chi connectivity index (χ4v) is 7.62. The molecule has 4 atom stereocenters. The lowest BCUT2D eigenvalue weighted by atomic mass is 10.0. The molecule has 0 aliphatic heterocycles. The number of hydrogen-bond acceptors (Lipinski definition) is 9. The second kappa shape index (κ2) is 21.0. The van der Waals surface area contributed by atoms with Gasteiger partial charge in [0.15, 0.2) is 5.78 Å². The number of nitrogens with two attached hydrogens (primary N) is 1. The Bertz CT molecular complexity index is 1990. The van der Waals surface area contributed by atoms with Gasteiger partial charge in [-0.1, -0.05) is 111 Å². The van der Waals surface area contributed by atoms with Crippen molar-refractivity contribution in [1.82, 2.24) is 21.3 Å². The quantitative estimate of drug-likeness (QED) is 0.0345. The van der Waals surface area contributed by atoms with E-state index in [2.05, 4.69) is 21.3 Å². The van der Waals surface area contributed by atoms with Crippen molar-refractivity contribution < 1.29 is 42.7 Å². The summed E-state index contributed by atoms with van der Waals surface area (Å²) in [6.07, 6.45) is 0.566. The number of amidine groups is 1. The molecular formula is C41H47N6O9P. The molecule has 0 fully saturated rings. The highest BCUT2D eigenvalue weighted by Crippen LogP contribution is 2.59. The van der Waals surface area contributed by atoms with Gasteiger partial charge in [-0.3, -0.25) is 29.4 Å². The summed E-state index contributed by atoms with van der Waals surface area (Å²) < 4.78 is 27.4. The Labute approximate surface area is 330 Å². The third-order valence-corrected chi connectivity index (χ3v) is 10.5. The number of carboxylic acids is 1. The van der Waals surface area contributed by atoms with Crippen LogP contribution >= 0.6 is 7.60 Å². The molecule has 300 valence electrons. The van der Waals surface area contributed by atoms with E-state index < -0.39 is 67.5 Å². The van der Waals surface area contributed by atoms with Crippen molar-refractivity contribution in [3.8, 4) is 11.5 Å². The zero-order chi connectivity index (χ0) is 41.4. The van der Waals surface area contributed by atoms with Crippen LogP contribution in [0.15, 0.2) is 115 Å². The molecular weight excluding hydrogens is 751 g/mol. The Kier molecular flexibility index (Phi) is 15.9. The number of nitrogen functional groups attached to an aromatic ring is 1. The van der Waals surface area contributed by atoms with E-state index in [1.54, 1.807) is 91.0 Å². The zero-order valence-electron chi connectivity index (χ0n) is 31.6. The maximum absolute atomic E-state index is 15.2. The van der Waals surface area contributed by atoms with E-state index in [9.17, 15) is 29.1 Å². The summed E-state index contributed by atoms with van der Waals surface area (Å²) in [6, 6.07) is 26.9. The van der Waals surface area contributed by atoms with Gasteiger partial charge in [0.05, 0.1) is 6.42 Å². The van der Waals surface area contributed by atoms with Gasteiger partial charge in [-0.15, -0.1) is 0 Å². The first-order valence-corrected chi connectivity index (χ1v) is 19.9. The minimum absolute atomic E-state index is 0.115. The van der Waals surface area contributed by atoms with Crippen LogP contribution in [0.2, 0.25) is 0 Å². The van der Waals surface area contributed by atoms with Crippen LogP contribution in [-0.4, -0.2) is 58.7 Å². The van der Waals surface area contributed by atoms with Gasteiger partial charge in [-0.2, -0.15) is 0 Å². The van der Waals surface area contributed by atoms with Crippen molar-refractivity contribution >= 4 is 43.0 Å². The topological polar surface area (TPSA) is 239 Å². The van der Waals surface area contributed by atoms with Crippen LogP contribution < -0.4 is 36.0 Å². The summed E-state index contributed by atoms with van der Waals surface area (Å²) in [5.74, 6) is -5.96. The Hall–Kier alpha value is -6.47. The molecule has 57 heavy (non-hydrogen) atoms. The van der Waals surface area contributed by atoms with Gasteiger partial charge >= 0.3 is 13.6 Å². The molecule has 8 N–H and O–H groups in total. The van der Waals surface area contributed by atoms with Crippen molar-refractivity contribution in [2.75, 3.05) is 0 Å².